The van der Waals surface area contributed by atoms with Crippen LogP contribution in [0.3, 0.4) is 0 Å². The molecule has 0 aliphatic rings. The van der Waals surface area contributed by atoms with Gasteiger partial charge in [-0.15, -0.1) is 0 Å². The van der Waals surface area contributed by atoms with E-state index in [1.807, 2.05) is 6.07 Å². The van der Waals surface area contributed by atoms with Gasteiger partial charge in [-0.3, -0.25) is 0 Å². The summed E-state index contributed by atoms with van der Waals surface area (Å²) in [5, 5.41) is 0. The summed E-state index contributed by atoms with van der Waals surface area (Å²) in [6.45, 7) is 2.78. The molecule has 0 saturated heterocycles. The molecule has 3 nitrogen and oxygen atoms in total. The van der Waals surface area contributed by atoms with Crippen molar-refractivity contribution in [1.29, 1.82) is 0 Å². The van der Waals surface area contributed by atoms with Gasteiger partial charge in [-0.1, -0.05) is 13.3 Å². The predicted octanol–water partition coefficient (Wildman–Crippen LogP) is 1.32. The zero-order valence-corrected chi connectivity index (χ0v) is 7.40. The normalized spacial score (nSPS) is 12.8. The van der Waals surface area contributed by atoms with Gasteiger partial charge in [-0.25, -0.2) is 9.97 Å². The SMILES string of the molecule is CCCC(CN)c1ncccn1. The van der Waals surface area contributed by atoms with E-state index in [0.717, 1.165) is 18.7 Å². The standard InChI is InChI=1S/C9H15N3/c1-2-4-8(7-10)9-11-5-3-6-12-9/h3,5-6,8H,2,4,7,10H2,1H3. The van der Waals surface area contributed by atoms with Crippen molar-refractivity contribution in [2.24, 2.45) is 5.73 Å². The number of aromatic nitrogens is 2. The molecule has 12 heavy (non-hydrogen) atoms. The van der Waals surface area contributed by atoms with Crippen molar-refractivity contribution in [3.8, 4) is 0 Å². The van der Waals surface area contributed by atoms with Crippen LogP contribution in [-0.2, 0) is 0 Å². The van der Waals surface area contributed by atoms with Gasteiger partial charge in [0.2, 0.25) is 0 Å². The summed E-state index contributed by atoms with van der Waals surface area (Å²) in [6.07, 6.45) is 5.72. The van der Waals surface area contributed by atoms with E-state index in [-0.39, 0.29) is 0 Å². The number of hydrogen-bond donors (Lipinski definition) is 1. The number of nitrogens with zero attached hydrogens (tertiary/aromatic N) is 2. The molecule has 0 aromatic carbocycles. The lowest BCUT2D eigenvalue weighted by Crippen LogP contribution is -2.14. The van der Waals surface area contributed by atoms with Crippen molar-refractivity contribution < 1.29 is 0 Å². The minimum absolute atomic E-state index is 0.330. The molecule has 0 bridgehead atoms. The lowest BCUT2D eigenvalue weighted by Gasteiger charge is -2.10. The topological polar surface area (TPSA) is 51.8 Å². The summed E-state index contributed by atoms with van der Waals surface area (Å²) in [5.74, 6) is 1.21. The van der Waals surface area contributed by atoms with Crippen molar-refractivity contribution in [1.82, 2.24) is 9.97 Å². The minimum Gasteiger partial charge on any atom is -0.330 e. The van der Waals surface area contributed by atoms with Gasteiger partial charge < -0.3 is 5.73 Å². The van der Waals surface area contributed by atoms with Gasteiger partial charge in [-0.2, -0.15) is 0 Å². The zero-order chi connectivity index (χ0) is 8.81. The summed E-state index contributed by atoms with van der Waals surface area (Å²) < 4.78 is 0. The average molecular weight is 165 g/mol. The highest BCUT2D eigenvalue weighted by atomic mass is 14.9. The lowest BCUT2D eigenvalue weighted by molar-refractivity contribution is 0.588. The van der Waals surface area contributed by atoms with Crippen molar-refractivity contribution >= 4 is 0 Å². The Kier molecular flexibility index (Phi) is 3.67. The Morgan fingerprint density at radius 1 is 1.42 bits per heavy atom. The fourth-order valence-corrected chi connectivity index (χ4v) is 1.22. The summed E-state index contributed by atoms with van der Waals surface area (Å²) in [6, 6.07) is 1.82. The molecule has 0 spiro atoms. The summed E-state index contributed by atoms with van der Waals surface area (Å²) in [4.78, 5) is 8.35. The third-order valence-corrected chi connectivity index (χ3v) is 1.87. The Bertz CT molecular complexity index is 210. The van der Waals surface area contributed by atoms with Gasteiger partial charge in [0, 0.05) is 24.9 Å². The van der Waals surface area contributed by atoms with Gasteiger partial charge in [0.25, 0.3) is 0 Å². The fraction of sp³-hybridized carbons (Fsp3) is 0.556. The monoisotopic (exact) mass is 165 g/mol. The Labute approximate surface area is 73.0 Å². The molecule has 1 unspecified atom stereocenters. The Morgan fingerprint density at radius 3 is 2.58 bits per heavy atom. The van der Waals surface area contributed by atoms with Crippen LogP contribution in [0, 0.1) is 0 Å². The van der Waals surface area contributed by atoms with Crippen LogP contribution >= 0.6 is 0 Å². The fourth-order valence-electron chi connectivity index (χ4n) is 1.22. The third-order valence-electron chi connectivity index (χ3n) is 1.87. The average Bonchev–Trinajstić information content (AvgIpc) is 2.15. The molecular weight excluding hydrogens is 150 g/mol. The first-order valence-corrected chi connectivity index (χ1v) is 4.35. The maximum absolute atomic E-state index is 5.61. The first-order chi connectivity index (χ1) is 5.88. The zero-order valence-electron chi connectivity index (χ0n) is 7.40. The van der Waals surface area contributed by atoms with E-state index in [9.17, 15) is 0 Å². The van der Waals surface area contributed by atoms with E-state index >= 15 is 0 Å². The second-order valence-corrected chi connectivity index (χ2v) is 2.83. The highest BCUT2D eigenvalue weighted by molar-refractivity contribution is 4.97. The van der Waals surface area contributed by atoms with E-state index in [0.29, 0.717) is 12.5 Å². The first kappa shape index (κ1) is 9.13. The van der Waals surface area contributed by atoms with Gasteiger partial charge in [-0.05, 0) is 12.5 Å². The van der Waals surface area contributed by atoms with Crippen LogP contribution in [0.25, 0.3) is 0 Å². The molecule has 3 heteroatoms. The molecule has 1 aromatic rings. The maximum atomic E-state index is 5.61. The minimum atomic E-state index is 0.330. The number of hydrogen-bond acceptors (Lipinski definition) is 3. The van der Waals surface area contributed by atoms with E-state index in [1.54, 1.807) is 12.4 Å². The van der Waals surface area contributed by atoms with Crippen LogP contribution in [0.1, 0.15) is 31.5 Å². The van der Waals surface area contributed by atoms with Gasteiger partial charge in [0.15, 0.2) is 0 Å². The molecule has 0 aliphatic heterocycles. The molecule has 1 heterocycles. The predicted molar refractivity (Wildman–Crippen MR) is 48.7 cm³/mol. The van der Waals surface area contributed by atoms with E-state index in [2.05, 4.69) is 16.9 Å². The molecule has 1 aromatic heterocycles. The second kappa shape index (κ2) is 4.83. The first-order valence-electron chi connectivity index (χ1n) is 4.35. The van der Waals surface area contributed by atoms with Crippen LogP contribution in [0.15, 0.2) is 18.5 Å². The van der Waals surface area contributed by atoms with E-state index in [1.165, 1.54) is 0 Å². The molecular formula is C9H15N3. The Balaban J connectivity index is 2.66. The molecule has 0 radical (unpaired) electrons. The highest BCUT2D eigenvalue weighted by Crippen LogP contribution is 2.14. The molecule has 0 aliphatic carbocycles. The van der Waals surface area contributed by atoms with Gasteiger partial charge >= 0.3 is 0 Å². The molecule has 2 N–H and O–H groups in total. The molecule has 66 valence electrons. The summed E-state index contributed by atoms with van der Waals surface area (Å²) in [5.41, 5.74) is 5.61. The molecule has 0 saturated carbocycles. The maximum Gasteiger partial charge on any atom is 0.132 e. The summed E-state index contributed by atoms with van der Waals surface area (Å²) in [7, 11) is 0. The molecule has 0 fully saturated rings. The van der Waals surface area contributed by atoms with Crippen LogP contribution < -0.4 is 5.73 Å². The van der Waals surface area contributed by atoms with Gasteiger partial charge in [0.1, 0.15) is 5.82 Å². The number of nitrogens with two attached hydrogens (primary N) is 1. The number of rotatable bonds is 4. The van der Waals surface area contributed by atoms with Crippen LogP contribution in [0.4, 0.5) is 0 Å². The Morgan fingerprint density at radius 2 is 2.08 bits per heavy atom. The highest BCUT2D eigenvalue weighted by Gasteiger charge is 2.09. The van der Waals surface area contributed by atoms with Crippen molar-refractivity contribution in [3.05, 3.63) is 24.3 Å². The largest absolute Gasteiger partial charge is 0.330 e. The second-order valence-electron chi connectivity index (χ2n) is 2.83. The van der Waals surface area contributed by atoms with Crippen LogP contribution in [0.5, 0.6) is 0 Å². The van der Waals surface area contributed by atoms with Crippen molar-refractivity contribution in [2.45, 2.75) is 25.7 Å². The van der Waals surface area contributed by atoms with Crippen LogP contribution in [0.2, 0.25) is 0 Å². The van der Waals surface area contributed by atoms with E-state index < -0.39 is 0 Å². The molecule has 0 amide bonds. The van der Waals surface area contributed by atoms with E-state index in [4.69, 9.17) is 5.73 Å². The van der Waals surface area contributed by atoms with Crippen molar-refractivity contribution in [2.75, 3.05) is 6.54 Å². The lowest BCUT2D eigenvalue weighted by atomic mass is 10.0. The Hall–Kier alpha value is -0.960. The summed E-state index contributed by atoms with van der Waals surface area (Å²) >= 11 is 0. The molecule has 1 atom stereocenters. The van der Waals surface area contributed by atoms with Crippen LogP contribution in [-0.4, -0.2) is 16.5 Å². The third kappa shape index (κ3) is 2.27. The molecule has 1 rings (SSSR count). The van der Waals surface area contributed by atoms with Gasteiger partial charge in [0.05, 0.1) is 0 Å². The quantitative estimate of drug-likeness (QED) is 0.732. The smallest absolute Gasteiger partial charge is 0.132 e. The van der Waals surface area contributed by atoms with Crippen molar-refractivity contribution in [3.63, 3.8) is 0 Å².